The number of aryl methyl sites for hydroxylation is 1. The molecule has 0 radical (unpaired) electrons. The first kappa shape index (κ1) is 8.68. The second-order valence-corrected chi connectivity index (χ2v) is 3.17. The van der Waals surface area contributed by atoms with E-state index in [1.54, 1.807) is 0 Å². The molecule has 2 aromatic rings. The SMILES string of the molecule is Cc1cccc(-n2nnnc2N)c1C. The molecule has 2 rings (SSSR count). The third kappa shape index (κ3) is 1.22. The largest absolute Gasteiger partial charge is 0.366 e. The minimum atomic E-state index is 0.304. The van der Waals surface area contributed by atoms with E-state index in [2.05, 4.69) is 15.5 Å². The average molecular weight is 189 g/mol. The van der Waals surface area contributed by atoms with Gasteiger partial charge >= 0.3 is 0 Å². The molecule has 0 unspecified atom stereocenters. The van der Waals surface area contributed by atoms with Crippen molar-refractivity contribution in [1.29, 1.82) is 0 Å². The predicted molar refractivity (Wildman–Crippen MR) is 53.0 cm³/mol. The average Bonchev–Trinajstić information content (AvgIpc) is 2.57. The van der Waals surface area contributed by atoms with Gasteiger partial charge in [-0.05, 0) is 41.5 Å². The summed E-state index contributed by atoms with van der Waals surface area (Å²) in [6, 6.07) is 5.94. The van der Waals surface area contributed by atoms with Crippen LogP contribution in [0.1, 0.15) is 11.1 Å². The molecule has 1 aromatic heterocycles. The molecule has 0 saturated carbocycles. The van der Waals surface area contributed by atoms with Gasteiger partial charge in [0.25, 0.3) is 0 Å². The molecule has 2 N–H and O–H groups in total. The fraction of sp³-hybridized carbons (Fsp3) is 0.222. The van der Waals surface area contributed by atoms with Crippen LogP contribution in [0, 0.1) is 13.8 Å². The van der Waals surface area contributed by atoms with E-state index in [1.165, 1.54) is 10.2 Å². The van der Waals surface area contributed by atoms with Gasteiger partial charge in [-0.25, -0.2) is 0 Å². The van der Waals surface area contributed by atoms with Crippen LogP contribution in [0.4, 0.5) is 5.95 Å². The predicted octanol–water partition coefficient (Wildman–Crippen LogP) is 0.861. The Bertz CT molecular complexity index is 460. The lowest BCUT2D eigenvalue weighted by molar-refractivity contribution is 0.787. The van der Waals surface area contributed by atoms with Crippen molar-refractivity contribution >= 4 is 5.95 Å². The number of anilines is 1. The lowest BCUT2D eigenvalue weighted by Gasteiger charge is -2.07. The maximum Gasteiger partial charge on any atom is 0.245 e. The van der Waals surface area contributed by atoms with Crippen LogP contribution in [-0.2, 0) is 0 Å². The molecule has 72 valence electrons. The third-order valence-corrected chi connectivity index (χ3v) is 2.30. The van der Waals surface area contributed by atoms with Crippen LogP contribution in [0.15, 0.2) is 18.2 Å². The van der Waals surface area contributed by atoms with Gasteiger partial charge in [0, 0.05) is 0 Å². The summed E-state index contributed by atoms with van der Waals surface area (Å²) in [5.74, 6) is 0.304. The number of rotatable bonds is 1. The van der Waals surface area contributed by atoms with Crippen LogP contribution in [0.2, 0.25) is 0 Å². The van der Waals surface area contributed by atoms with Crippen molar-refractivity contribution in [3.63, 3.8) is 0 Å². The van der Waals surface area contributed by atoms with E-state index in [0.29, 0.717) is 5.95 Å². The van der Waals surface area contributed by atoms with E-state index in [1.807, 2.05) is 32.0 Å². The Morgan fingerprint density at radius 3 is 2.71 bits per heavy atom. The summed E-state index contributed by atoms with van der Waals surface area (Å²) in [6.07, 6.45) is 0. The van der Waals surface area contributed by atoms with Crippen molar-refractivity contribution in [3.8, 4) is 5.69 Å². The molecule has 1 aromatic carbocycles. The van der Waals surface area contributed by atoms with Crippen LogP contribution in [0.3, 0.4) is 0 Å². The first-order valence-electron chi connectivity index (χ1n) is 4.30. The van der Waals surface area contributed by atoms with Crippen LogP contribution >= 0.6 is 0 Å². The van der Waals surface area contributed by atoms with Crippen LogP contribution < -0.4 is 5.73 Å². The number of benzene rings is 1. The summed E-state index contributed by atoms with van der Waals surface area (Å²) in [4.78, 5) is 0. The summed E-state index contributed by atoms with van der Waals surface area (Å²) in [5.41, 5.74) is 8.87. The number of nitrogens with two attached hydrogens (primary N) is 1. The van der Waals surface area contributed by atoms with E-state index in [4.69, 9.17) is 5.73 Å². The zero-order chi connectivity index (χ0) is 10.1. The van der Waals surface area contributed by atoms with Crippen molar-refractivity contribution < 1.29 is 0 Å². The van der Waals surface area contributed by atoms with Gasteiger partial charge in [-0.15, -0.1) is 0 Å². The molecule has 1 heterocycles. The molecule has 0 aliphatic heterocycles. The van der Waals surface area contributed by atoms with E-state index >= 15 is 0 Å². The highest BCUT2D eigenvalue weighted by Crippen LogP contribution is 2.17. The summed E-state index contributed by atoms with van der Waals surface area (Å²) in [6.45, 7) is 4.06. The van der Waals surface area contributed by atoms with Gasteiger partial charge in [0.2, 0.25) is 5.95 Å². The van der Waals surface area contributed by atoms with Crippen molar-refractivity contribution in [2.75, 3.05) is 5.73 Å². The number of hydrogen-bond donors (Lipinski definition) is 1. The van der Waals surface area contributed by atoms with Crippen molar-refractivity contribution in [3.05, 3.63) is 29.3 Å². The summed E-state index contributed by atoms with van der Waals surface area (Å²) in [7, 11) is 0. The molecule has 0 aliphatic carbocycles. The maximum absolute atomic E-state index is 5.62. The smallest absolute Gasteiger partial charge is 0.245 e. The Labute approximate surface area is 81.5 Å². The molecule has 0 amide bonds. The molecule has 0 spiro atoms. The Hall–Kier alpha value is -1.91. The van der Waals surface area contributed by atoms with E-state index < -0.39 is 0 Å². The van der Waals surface area contributed by atoms with E-state index in [9.17, 15) is 0 Å². The molecule has 0 saturated heterocycles. The molecule has 5 heteroatoms. The second-order valence-electron chi connectivity index (χ2n) is 3.17. The standard InChI is InChI=1S/C9H11N5/c1-6-4-3-5-8(7(6)2)14-9(10)11-12-13-14/h3-5H,1-2H3,(H2,10,11,13). The number of hydrogen-bond acceptors (Lipinski definition) is 4. The highest BCUT2D eigenvalue weighted by molar-refractivity contribution is 5.46. The van der Waals surface area contributed by atoms with Gasteiger partial charge < -0.3 is 5.73 Å². The minimum Gasteiger partial charge on any atom is -0.366 e. The lowest BCUT2D eigenvalue weighted by atomic mass is 10.1. The minimum absolute atomic E-state index is 0.304. The highest BCUT2D eigenvalue weighted by Gasteiger charge is 2.07. The Morgan fingerprint density at radius 1 is 1.29 bits per heavy atom. The molecule has 5 nitrogen and oxygen atoms in total. The van der Waals surface area contributed by atoms with Crippen molar-refractivity contribution in [1.82, 2.24) is 20.2 Å². The lowest BCUT2D eigenvalue weighted by Crippen LogP contribution is -2.04. The van der Waals surface area contributed by atoms with E-state index in [-0.39, 0.29) is 0 Å². The molecule has 0 aliphatic rings. The Morgan fingerprint density at radius 2 is 2.07 bits per heavy atom. The zero-order valence-corrected chi connectivity index (χ0v) is 8.10. The second kappa shape index (κ2) is 3.10. The summed E-state index contributed by atoms with van der Waals surface area (Å²) < 4.78 is 1.53. The fourth-order valence-electron chi connectivity index (χ4n) is 1.33. The highest BCUT2D eigenvalue weighted by atomic mass is 15.6. The summed E-state index contributed by atoms with van der Waals surface area (Å²) in [5, 5.41) is 11.0. The normalized spacial score (nSPS) is 10.4. The van der Waals surface area contributed by atoms with E-state index in [0.717, 1.165) is 11.3 Å². The quantitative estimate of drug-likeness (QED) is 0.722. The van der Waals surface area contributed by atoms with Crippen molar-refractivity contribution in [2.45, 2.75) is 13.8 Å². The number of nitrogen functional groups attached to an aromatic ring is 1. The van der Waals surface area contributed by atoms with Crippen LogP contribution in [-0.4, -0.2) is 20.2 Å². The molecule has 0 bridgehead atoms. The number of tetrazole rings is 1. The first-order valence-corrected chi connectivity index (χ1v) is 4.30. The van der Waals surface area contributed by atoms with Gasteiger partial charge in [0.15, 0.2) is 0 Å². The Kier molecular flexibility index (Phi) is 1.92. The van der Waals surface area contributed by atoms with Gasteiger partial charge in [-0.2, -0.15) is 4.68 Å². The third-order valence-electron chi connectivity index (χ3n) is 2.30. The van der Waals surface area contributed by atoms with Crippen molar-refractivity contribution in [2.24, 2.45) is 0 Å². The van der Waals surface area contributed by atoms with Crippen LogP contribution in [0.25, 0.3) is 5.69 Å². The zero-order valence-electron chi connectivity index (χ0n) is 8.10. The number of aromatic nitrogens is 4. The fourth-order valence-corrected chi connectivity index (χ4v) is 1.33. The summed E-state index contributed by atoms with van der Waals surface area (Å²) >= 11 is 0. The molecular formula is C9H11N5. The van der Waals surface area contributed by atoms with Gasteiger partial charge in [0.05, 0.1) is 5.69 Å². The topological polar surface area (TPSA) is 69.6 Å². The molecule has 0 fully saturated rings. The molecule has 14 heavy (non-hydrogen) atoms. The maximum atomic E-state index is 5.62. The van der Waals surface area contributed by atoms with Gasteiger partial charge in [-0.1, -0.05) is 17.2 Å². The number of nitrogens with zero attached hydrogens (tertiary/aromatic N) is 4. The molecular weight excluding hydrogens is 178 g/mol. The van der Waals surface area contributed by atoms with Gasteiger partial charge in [0.1, 0.15) is 0 Å². The molecule has 0 atom stereocenters. The Balaban J connectivity index is 2.63. The van der Waals surface area contributed by atoms with Gasteiger partial charge in [-0.3, -0.25) is 0 Å². The first-order chi connectivity index (χ1) is 6.70. The van der Waals surface area contributed by atoms with Crippen LogP contribution in [0.5, 0.6) is 0 Å². The monoisotopic (exact) mass is 189 g/mol.